The third-order valence-electron chi connectivity index (χ3n) is 4.60. The van der Waals surface area contributed by atoms with Crippen molar-refractivity contribution >= 4 is 5.69 Å². The van der Waals surface area contributed by atoms with E-state index in [0.717, 1.165) is 25.3 Å². The molecule has 1 atom stereocenters. The summed E-state index contributed by atoms with van der Waals surface area (Å²) in [6.45, 7) is 5.76. The third kappa shape index (κ3) is 4.13. The van der Waals surface area contributed by atoms with Crippen molar-refractivity contribution in [2.45, 2.75) is 58.4 Å². The molecular formula is C19H29N. The minimum Gasteiger partial charge on any atom is -0.368 e. The highest BCUT2D eigenvalue weighted by Crippen LogP contribution is 2.32. The molecule has 1 fully saturated rings. The number of hydrogen-bond donors (Lipinski definition) is 0. The standard InChI is InChI=1S/C19H29N/c1-3-4-5-11-16-20(19-14-7-6-8-15-19)17(2)18-12-9-10-13-18/h4-8,14-15,17-18H,3,9-13,16H2,1-2H3/b5-4-. The first-order chi connectivity index (χ1) is 9.83. The minimum atomic E-state index is 0.662. The van der Waals surface area contributed by atoms with Crippen LogP contribution in [0, 0.1) is 5.92 Å². The van der Waals surface area contributed by atoms with Gasteiger partial charge in [0.2, 0.25) is 0 Å². The van der Waals surface area contributed by atoms with Crippen LogP contribution in [0.3, 0.4) is 0 Å². The second-order valence-corrected chi connectivity index (χ2v) is 5.98. The first-order valence-electron chi connectivity index (χ1n) is 8.29. The van der Waals surface area contributed by atoms with Gasteiger partial charge >= 0.3 is 0 Å². The normalized spacial score (nSPS) is 17.7. The van der Waals surface area contributed by atoms with E-state index < -0.39 is 0 Å². The minimum absolute atomic E-state index is 0.662. The molecule has 2 rings (SSSR count). The van der Waals surface area contributed by atoms with Crippen LogP contribution in [0.2, 0.25) is 0 Å². The average Bonchev–Trinajstić information content (AvgIpc) is 3.02. The number of para-hydroxylation sites is 1. The molecule has 1 heteroatoms. The molecule has 1 aliphatic rings. The first-order valence-corrected chi connectivity index (χ1v) is 8.29. The van der Waals surface area contributed by atoms with Crippen LogP contribution in [0.1, 0.15) is 52.4 Å². The highest BCUT2D eigenvalue weighted by atomic mass is 15.2. The summed E-state index contributed by atoms with van der Waals surface area (Å²) in [5.74, 6) is 0.880. The fourth-order valence-corrected chi connectivity index (χ4v) is 3.38. The van der Waals surface area contributed by atoms with Gasteiger partial charge in [-0.25, -0.2) is 0 Å². The SMILES string of the molecule is CC/C=C\CCN(c1ccccc1)C(C)C1CCCC1. The summed E-state index contributed by atoms with van der Waals surface area (Å²) in [5, 5.41) is 0. The van der Waals surface area contributed by atoms with Crippen molar-refractivity contribution in [1.29, 1.82) is 0 Å². The fourth-order valence-electron chi connectivity index (χ4n) is 3.38. The van der Waals surface area contributed by atoms with Gasteiger partial charge in [-0.05, 0) is 50.7 Å². The monoisotopic (exact) mass is 271 g/mol. The summed E-state index contributed by atoms with van der Waals surface area (Å²) in [6.07, 6.45) is 12.6. The lowest BCUT2D eigenvalue weighted by atomic mass is 9.97. The van der Waals surface area contributed by atoms with Crippen LogP contribution in [-0.2, 0) is 0 Å². The van der Waals surface area contributed by atoms with Gasteiger partial charge in [0.1, 0.15) is 0 Å². The Morgan fingerprint density at radius 3 is 2.50 bits per heavy atom. The molecule has 1 aliphatic carbocycles. The van der Waals surface area contributed by atoms with Crippen molar-refractivity contribution in [1.82, 2.24) is 0 Å². The smallest absolute Gasteiger partial charge is 0.0368 e. The van der Waals surface area contributed by atoms with E-state index in [2.05, 4.69) is 61.2 Å². The predicted molar refractivity (Wildman–Crippen MR) is 89.3 cm³/mol. The summed E-state index contributed by atoms with van der Waals surface area (Å²) < 4.78 is 0. The highest BCUT2D eigenvalue weighted by Gasteiger charge is 2.26. The summed E-state index contributed by atoms with van der Waals surface area (Å²) in [6, 6.07) is 11.6. The Labute approximate surface area is 124 Å². The molecular weight excluding hydrogens is 242 g/mol. The lowest BCUT2D eigenvalue weighted by Crippen LogP contribution is -2.38. The summed E-state index contributed by atoms with van der Waals surface area (Å²) >= 11 is 0. The Hall–Kier alpha value is -1.24. The van der Waals surface area contributed by atoms with Crippen LogP contribution < -0.4 is 4.90 Å². The van der Waals surface area contributed by atoms with Crippen molar-refractivity contribution in [3.63, 3.8) is 0 Å². The third-order valence-corrected chi connectivity index (χ3v) is 4.60. The van der Waals surface area contributed by atoms with Crippen LogP contribution in [-0.4, -0.2) is 12.6 Å². The predicted octanol–water partition coefficient (Wildman–Crippen LogP) is 5.43. The van der Waals surface area contributed by atoms with E-state index in [1.165, 1.54) is 31.4 Å². The lowest BCUT2D eigenvalue weighted by Gasteiger charge is -2.35. The maximum atomic E-state index is 2.62. The molecule has 110 valence electrons. The van der Waals surface area contributed by atoms with Crippen LogP contribution in [0.15, 0.2) is 42.5 Å². The van der Waals surface area contributed by atoms with E-state index >= 15 is 0 Å². The zero-order valence-electron chi connectivity index (χ0n) is 13.1. The molecule has 0 N–H and O–H groups in total. The largest absolute Gasteiger partial charge is 0.368 e. The van der Waals surface area contributed by atoms with Gasteiger partial charge < -0.3 is 4.90 Å². The number of allylic oxidation sites excluding steroid dienone is 1. The Morgan fingerprint density at radius 2 is 1.85 bits per heavy atom. The van der Waals surface area contributed by atoms with Gasteiger partial charge in [-0.1, -0.05) is 50.1 Å². The van der Waals surface area contributed by atoms with E-state index in [-0.39, 0.29) is 0 Å². The van der Waals surface area contributed by atoms with Crippen molar-refractivity contribution in [3.05, 3.63) is 42.5 Å². The van der Waals surface area contributed by atoms with E-state index in [0.29, 0.717) is 6.04 Å². The second kappa shape index (κ2) is 8.14. The first kappa shape index (κ1) is 15.2. The van der Waals surface area contributed by atoms with Gasteiger partial charge in [-0.15, -0.1) is 0 Å². The summed E-state index contributed by atoms with van der Waals surface area (Å²) in [5.41, 5.74) is 1.39. The van der Waals surface area contributed by atoms with E-state index in [1.54, 1.807) is 0 Å². The number of nitrogens with zero attached hydrogens (tertiary/aromatic N) is 1. The van der Waals surface area contributed by atoms with Gasteiger partial charge in [0.15, 0.2) is 0 Å². The summed E-state index contributed by atoms with van der Waals surface area (Å²) in [7, 11) is 0. The van der Waals surface area contributed by atoms with E-state index in [1.807, 2.05) is 0 Å². The Bertz CT molecular complexity index is 389. The van der Waals surface area contributed by atoms with Gasteiger partial charge in [0.05, 0.1) is 0 Å². The van der Waals surface area contributed by atoms with Crippen LogP contribution in [0.4, 0.5) is 5.69 Å². The molecule has 0 spiro atoms. The number of benzene rings is 1. The molecule has 0 saturated heterocycles. The molecule has 20 heavy (non-hydrogen) atoms. The second-order valence-electron chi connectivity index (χ2n) is 5.98. The van der Waals surface area contributed by atoms with Crippen LogP contribution in [0.25, 0.3) is 0 Å². The maximum Gasteiger partial charge on any atom is 0.0368 e. The van der Waals surface area contributed by atoms with Gasteiger partial charge in [-0.2, -0.15) is 0 Å². The van der Waals surface area contributed by atoms with Gasteiger partial charge in [0.25, 0.3) is 0 Å². The molecule has 1 aromatic carbocycles. The van der Waals surface area contributed by atoms with Gasteiger partial charge in [-0.3, -0.25) is 0 Å². The Kier molecular flexibility index (Phi) is 6.17. The van der Waals surface area contributed by atoms with E-state index in [9.17, 15) is 0 Å². The molecule has 0 aromatic heterocycles. The zero-order valence-corrected chi connectivity index (χ0v) is 13.1. The maximum absolute atomic E-state index is 2.62. The van der Waals surface area contributed by atoms with Crippen molar-refractivity contribution in [2.75, 3.05) is 11.4 Å². The lowest BCUT2D eigenvalue weighted by molar-refractivity contribution is 0.428. The molecule has 1 aromatic rings. The van der Waals surface area contributed by atoms with Crippen molar-refractivity contribution in [2.24, 2.45) is 5.92 Å². The molecule has 1 unspecified atom stereocenters. The average molecular weight is 271 g/mol. The molecule has 1 saturated carbocycles. The Balaban J connectivity index is 2.04. The van der Waals surface area contributed by atoms with Gasteiger partial charge in [0, 0.05) is 18.3 Å². The summed E-state index contributed by atoms with van der Waals surface area (Å²) in [4.78, 5) is 2.62. The zero-order chi connectivity index (χ0) is 14.2. The van der Waals surface area contributed by atoms with Crippen LogP contribution >= 0.6 is 0 Å². The molecule has 0 heterocycles. The molecule has 1 nitrogen and oxygen atoms in total. The van der Waals surface area contributed by atoms with Crippen LogP contribution in [0.5, 0.6) is 0 Å². The Morgan fingerprint density at radius 1 is 1.15 bits per heavy atom. The molecule has 0 amide bonds. The fraction of sp³-hybridized carbons (Fsp3) is 0.579. The molecule has 0 aliphatic heterocycles. The number of rotatable bonds is 7. The molecule has 0 radical (unpaired) electrons. The number of anilines is 1. The number of hydrogen-bond acceptors (Lipinski definition) is 1. The highest BCUT2D eigenvalue weighted by molar-refractivity contribution is 5.47. The molecule has 0 bridgehead atoms. The van der Waals surface area contributed by atoms with E-state index in [4.69, 9.17) is 0 Å². The van der Waals surface area contributed by atoms with Crippen molar-refractivity contribution in [3.8, 4) is 0 Å². The quantitative estimate of drug-likeness (QED) is 0.598. The topological polar surface area (TPSA) is 3.24 Å². The van der Waals surface area contributed by atoms with Crippen molar-refractivity contribution < 1.29 is 0 Å².